The van der Waals surface area contributed by atoms with Gasteiger partial charge in [-0.3, -0.25) is 14.4 Å². The number of carboxylic acid groups (broad SMARTS) is 1. The first-order chi connectivity index (χ1) is 15.6. The van der Waals surface area contributed by atoms with Crippen LogP contribution >= 0.6 is 0 Å². The standard InChI is InChI=1S/C23H26N6O4/c1-12-7-13(2)24-21-20(12)26-18(27-21)11-29(4)22(32)14-5-6-16-15(8-14)10-28(3)23(33)17(25-16)9-19(30)31/h5-8,17,25H,9-11H2,1-4H3,(H,30,31)(H,24,26,27)/t17-/m0/s1. The lowest BCUT2D eigenvalue weighted by Gasteiger charge is -2.19. The first kappa shape index (κ1) is 22.3. The van der Waals surface area contributed by atoms with Crippen LogP contribution in [0, 0.1) is 13.8 Å². The van der Waals surface area contributed by atoms with Crippen LogP contribution in [0.3, 0.4) is 0 Å². The van der Waals surface area contributed by atoms with Crippen molar-refractivity contribution in [2.75, 3.05) is 19.4 Å². The third-order valence-corrected chi connectivity index (χ3v) is 5.71. The summed E-state index contributed by atoms with van der Waals surface area (Å²) in [6, 6.07) is 6.25. The highest BCUT2D eigenvalue weighted by Crippen LogP contribution is 2.25. The number of amides is 2. The molecule has 4 rings (SSSR count). The van der Waals surface area contributed by atoms with Gasteiger partial charge in [-0.1, -0.05) is 0 Å². The van der Waals surface area contributed by atoms with Crippen molar-refractivity contribution in [3.63, 3.8) is 0 Å². The molecule has 0 aliphatic carbocycles. The highest BCUT2D eigenvalue weighted by Gasteiger charge is 2.29. The highest BCUT2D eigenvalue weighted by atomic mass is 16.4. The third kappa shape index (κ3) is 4.50. The number of anilines is 1. The van der Waals surface area contributed by atoms with Gasteiger partial charge in [0.2, 0.25) is 5.91 Å². The van der Waals surface area contributed by atoms with Crippen molar-refractivity contribution >= 4 is 34.6 Å². The summed E-state index contributed by atoms with van der Waals surface area (Å²) in [5.74, 6) is -0.917. The van der Waals surface area contributed by atoms with E-state index in [1.165, 1.54) is 4.90 Å². The molecule has 0 fully saturated rings. The number of likely N-dealkylation sites (N-methyl/N-ethyl adjacent to an activating group) is 1. The molecule has 0 spiro atoms. The van der Waals surface area contributed by atoms with Gasteiger partial charge in [0.1, 0.15) is 11.9 Å². The zero-order chi connectivity index (χ0) is 23.9. The Balaban J connectivity index is 1.54. The van der Waals surface area contributed by atoms with E-state index in [4.69, 9.17) is 5.11 Å². The number of benzene rings is 1. The molecule has 3 N–H and O–H groups in total. The maximum atomic E-state index is 13.1. The van der Waals surface area contributed by atoms with E-state index in [-0.39, 0.29) is 31.3 Å². The van der Waals surface area contributed by atoms with E-state index in [0.717, 1.165) is 22.3 Å². The number of H-pyrrole nitrogens is 1. The maximum Gasteiger partial charge on any atom is 0.305 e. The molecule has 10 nitrogen and oxygen atoms in total. The molecule has 0 saturated carbocycles. The van der Waals surface area contributed by atoms with Gasteiger partial charge >= 0.3 is 5.97 Å². The van der Waals surface area contributed by atoms with Crippen LogP contribution in [0.4, 0.5) is 5.69 Å². The molecule has 0 bridgehead atoms. The second kappa shape index (κ2) is 8.53. The van der Waals surface area contributed by atoms with Crippen LogP contribution < -0.4 is 5.32 Å². The Bertz CT molecular complexity index is 1270. The van der Waals surface area contributed by atoms with Crippen LogP contribution in [0.5, 0.6) is 0 Å². The number of carboxylic acids is 1. The lowest BCUT2D eigenvalue weighted by atomic mass is 10.1. The number of hydrogen-bond acceptors (Lipinski definition) is 6. The minimum Gasteiger partial charge on any atom is -0.481 e. The molecule has 0 unspecified atom stereocenters. The summed E-state index contributed by atoms with van der Waals surface area (Å²) >= 11 is 0. The number of carbonyl (C=O) groups excluding carboxylic acids is 2. The van der Waals surface area contributed by atoms with Gasteiger partial charge in [-0.25, -0.2) is 9.97 Å². The Hall–Kier alpha value is -3.95. The van der Waals surface area contributed by atoms with Gasteiger partial charge in [0.05, 0.1) is 18.5 Å². The SMILES string of the molecule is Cc1cc(C)c2[nH]c(CN(C)C(=O)c3ccc4c(c3)CN(C)C(=O)[C@H](CC(=O)O)N4)nc2n1. The first-order valence-electron chi connectivity index (χ1n) is 10.6. The van der Waals surface area contributed by atoms with Gasteiger partial charge in [-0.15, -0.1) is 0 Å². The van der Waals surface area contributed by atoms with Gasteiger partial charge < -0.3 is 25.2 Å². The van der Waals surface area contributed by atoms with Crippen molar-refractivity contribution in [2.45, 2.75) is 39.4 Å². The van der Waals surface area contributed by atoms with Crippen molar-refractivity contribution in [1.82, 2.24) is 24.8 Å². The van der Waals surface area contributed by atoms with Gasteiger partial charge in [-0.05, 0) is 49.2 Å². The van der Waals surface area contributed by atoms with Crippen LogP contribution in [-0.4, -0.2) is 67.8 Å². The molecule has 10 heteroatoms. The normalized spacial score (nSPS) is 15.7. The number of rotatable bonds is 5. The number of hydrogen-bond donors (Lipinski definition) is 3. The summed E-state index contributed by atoms with van der Waals surface area (Å²) in [4.78, 5) is 52.0. The van der Waals surface area contributed by atoms with E-state index in [0.29, 0.717) is 22.7 Å². The predicted molar refractivity (Wildman–Crippen MR) is 122 cm³/mol. The van der Waals surface area contributed by atoms with Crippen LogP contribution in [-0.2, 0) is 22.7 Å². The molecule has 3 heterocycles. The fourth-order valence-electron chi connectivity index (χ4n) is 4.10. The number of nitrogens with one attached hydrogen (secondary N) is 2. The number of aryl methyl sites for hydroxylation is 2. The van der Waals surface area contributed by atoms with E-state index in [9.17, 15) is 14.4 Å². The Morgan fingerprint density at radius 2 is 2.00 bits per heavy atom. The molecule has 2 aromatic heterocycles. The molecule has 33 heavy (non-hydrogen) atoms. The van der Waals surface area contributed by atoms with Gasteiger partial charge in [0.15, 0.2) is 5.65 Å². The zero-order valence-electron chi connectivity index (χ0n) is 19.0. The minimum atomic E-state index is -1.06. The summed E-state index contributed by atoms with van der Waals surface area (Å²) in [5.41, 5.74) is 5.28. The van der Waals surface area contributed by atoms with Crippen molar-refractivity contribution in [2.24, 2.45) is 0 Å². The van der Waals surface area contributed by atoms with Crippen molar-refractivity contribution in [3.8, 4) is 0 Å². The monoisotopic (exact) mass is 450 g/mol. The van der Waals surface area contributed by atoms with E-state index in [2.05, 4.69) is 20.3 Å². The van der Waals surface area contributed by atoms with Crippen molar-refractivity contribution < 1.29 is 19.5 Å². The van der Waals surface area contributed by atoms with E-state index in [1.54, 1.807) is 37.2 Å². The number of carbonyl (C=O) groups is 3. The number of aromatic amines is 1. The molecule has 0 radical (unpaired) electrons. The van der Waals surface area contributed by atoms with Crippen molar-refractivity contribution in [3.05, 3.63) is 52.5 Å². The summed E-state index contributed by atoms with van der Waals surface area (Å²) in [6.07, 6.45) is -0.322. The fraction of sp³-hybridized carbons (Fsp3) is 0.348. The second-order valence-electron chi connectivity index (χ2n) is 8.48. The molecular formula is C23H26N6O4. The second-order valence-corrected chi connectivity index (χ2v) is 8.48. The van der Waals surface area contributed by atoms with Gasteiger partial charge in [0, 0.05) is 37.6 Å². The molecule has 0 saturated heterocycles. The average Bonchev–Trinajstić information content (AvgIpc) is 3.10. The maximum absolute atomic E-state index is 13.1. The molecule has 1 aromatic carbocycles. The van der Waals surface area contributed by atoms with Crippen LogP contribution in [0.15, 0.2) is 24.3 Å². The first-order valence-corrected chi connectivity index (χ1v) is 10.6. The Morgan fingerprint density at radius 3 is 2.73 bits per heavy atom. The van der Waals surface area contributed by atoms with Crippen LogP contribution in [0.2, 0.25) is 0 Å². The largest absolute Gasteiger partial charge is 0.481 e. The van der Waals surface area contributed by atoms with E-state index < -0.39 is 12.0 Å². The van der Waals surface area contributed by atoms with Crippen LogP contribution in [0.1, 0.15) is 39.4 Å². The molecule has 1 aliphatic rings. The molecule has 172 valence electrons. The topological polar surface area (TPSA) is 132 Å². The predicted octanol–water partition coefficient (Wildman–Crippen LogP) is 2.07. The average molecular weight is 450 g/mol. The van der Waals surface area contributed by atoms with Crippen molar-refractivity contribution in [1.29, 1.82) is 0 Å². The molecule has 3 aromatic rings. The smallest absolute Gasteiger partial charge is 0.305 e. The Morgan fingerprint density at radius 1 is 1.24 bits per heavy atom. The number of fused-ring (bicyclic) bond motifs is 2. The molecule has 1 aliphatic heterocycles. The fourth-order valence-corrected chi connectivity index (χ4v) is 4.10. The molecule has 1 atom stereocenters. The van der Waals surface area contributed by atoms with Crippen LogP contribution in [0.25, 0.3) is 11.2 Å². The number of imidazole rings is 1. The number of pyridine rings is 1. The summed E-state index contributed by atoms with van der Waals surface area (Å²) < 4.78 is 0. The lowest BCUT2D eigenvalue weighted by Crippen LogP contribution is -2.39. The molecular weight excluding hydrogens is 424 g/mol. The van der Waals surface area contributed by atoms with Gasteiger partial charge in [0.25, 0.3) is 5.91 Å². The van der Waals surface area contributed by atoms with E-state index >= 15 is 0 Å². The number of nitrogens with zero attached hydrogens (tertiary/aromatic N) is 4. The summed E-state index contributed by atoms with van der Waals surface area (Å²) in [7, 11) is 3.32. The Kier molecular flexibility index (Phi) is 5.75. The van der Waals surface area contributed by atoms with Gasteiger partial charge in [-0.2, -0.15) is 0 Å². The molecule has 2 amide bonds. The Labute approximate surface area is 190 Å². The lowest BCUT2D eigenvalue weighted by molar-refractivity contribution is -0.141. The third-order valence-electron chi connectivity index (χ3n) is 5.71. The minimum absolute atomic E-state index is 0.195. The summed E-state index contributed by atoms with van der Waals surface area (Å²) in [5, 5.41) is 12.1. The zero-order valence-corrected chi connectivity index (χ0v) is 19.0. The number of aromatic nitrogens is 3. The summed E-state index contributed by atoms with van der Waals surface area (Å²) in [6.45, 7) is 4.46. The quantitative estimate of drug-likeness (QED) is 0.542. The number of aliphatic carboxylic acids is 1. The highest BCUT2D eigenvalue weighted by molar-refractivity contribution is 5.95. The van der Waals surface area contributed by atoms with E-state index in [1.807, 2.05) is 19.9 Å².